The van der Waals surface area contributed by atoms with Gasteiger partial charge in [-0.2, -0.15) is 4.57 Å². The first kappa shape index (κ1) is 22.4. The zero-order valence-corrected chi connectivity index (χ0v) is 24.2. The molecule has 0 radical (unpaired) electrons. The minimum atomic E-state index is -0.264. The smallest absolute Gasteiger partial charge is 0.296 e. The maximum Gasteiger partial charge on any atom is 0.296 e. The van der Waals surface area contributed by atoms with Crippen molar-refractivity contribution in [3.63, 3.8) is 0 Å². The molecule has 2 aliphatic carbocycles. The normalized spacial score (nSPS) is 21.9. The zero-order valence-electron chi connectivity index (χ0n) is 24.2. The number of hydrogen-bond donors (Lipinski definition) is 0. The lowest BCUT2D eigenvalue weighted by atomic mass is 9.70. The molecule has 1 fully saturated rings. The molecule has 3 unspecified atom stereocenters. The maximum absolute atomic E-state index is 2.75. The molecular weight excluding hydrogens is 534 g/mol. The quantitative estimate of drug-likeness (QED) is 0.177. The maximum atomic E-state index is 2.75. The monoisotopic (exact) mass is 562 g/mol. The average Bonchev–Trinajstić information content (AvgIpc) is 3.84. The molecule has 206 valence electrons. The lowest BCUT2D eigenvalue weighted by molar-refractivity contribution is -0.730. The molecule has 3 nitrogen and oxygen atoms in total. The van der Waals surface area contributed by atoms with Crippen LogP contribution in [0.25, 0.3) is 66.2 Å². The molecule has 8 aromatic rings. The summed E-state index contributed by atoms with van der Waals surface area (Å²) in [6, 6.07) is 43.7. The van der Waals surface area contributed by atoms with E-state index in [2.05, 4.69) is 135 Å². The van der Waals surface area contributed by atoms with E-state index in [0.717, 1.165) is 0 Å². The fraction of sp³-hybridized carbons (Fsp3) is 0.146. The van der Waals surface area contributed by atoms with E-state index >= 15 is 0 Å². The van der Waals surface area contributed by atoms with Crippen LogP contribution in [0.5, 0.6) is 0 Å². The average molecular weight is 563 g/mol. The molecule has 0 amide bonds. The van der Waals surface area contributed by atoms with Crippen molar-refractivity contribution in [3.8, 4) is 22.5 Å². The van der Waals surface area contributed by atoms with Crippen molar-refractivity contribution < 1.29 is 4.57 Å². The number of pyridine rings is 1. The van der Waals surface area contributed by atoms with Gasteiger partial charge in [-0.1, -0.05) is 79.2 Å². The van der Waals surface area contributed by atoms with Crippen molar-refractivity contribution >= 4 is 43.7 Å². The van der Waals surface area contributed by atoms with Gasteiger partial charge in [-0.3, -0.25) is 0 Å². The van der Waals surface area contributed by atoms with Crippen LogP contribution in [0.4, 0.5) is 0 Å². The standard InChI is InChI=1S/C41H28N3/c1-2-10-24(11-3-1)25-19-20-29-26-14-8-16-32(26)41-36(29)38(25)44-34-18-7-4-12-27(34)30-21-22-35(37(41)39(30)44)43-33-17-6-5-13-28(33)31-15-9-23-42(41)40(31)43/h1-7,9-13,15,17-23,26,32H,8,14,16H2/q+1. The van der Waals surface area contributed by atoms with Gasteiger partial charge >= 0.3 is 0 Å². The van der Waals surface area contributed by atoms with Crippen LogP contribution in [0.1, 0.15) is 41.9 Å². The van der Waals surface area contributed by atoms with Crippen molar-refractivity contribution in [2.45, 2.75) is 30.7 Å². The first-order valence-electron chi connectivity index (χ1n) is 16.1. The van der Waals surface area contributed by atoms with Crippen molar-refractivity contribution in [3.05, 3.63) is 138 Å². The molecule has 1 saturated carbocycles. The molecule has 0 N–H and O–H groups in total. The molecule has 12 rings (SSSR count). The van der Waals surface area contributed by atoms with Gasteiger partial charge in [-0.05, 0) is 72.4 Å². The SMILES string of the molecule is c1ccc(-c2ccc3c4c2-n2c5ccccc5c5ccc6c(c52)C4(C2CCCC32)[n+]2cccc3c4ccccc4n-6c32)cc1. The van der Waals surface area contributed by atoms with Gasteiger partial charge in [0.05, 0.1) is 33.9 Å². The summed E-state index contributed by atoms with van der Waals surface area (Å²) in [6.07, 6.45) is 6.23. The van der Waals surface area contributed by atoms with Gasteiger partial charge < -0.3 is 4.57 Å². The van der Waals surface area contributed by atoms with Crippen LogP contribution in [-0.2, 0) is 5.54 Å². The summed E-state index contributed by atoms with van der Waals surface area (Å²) >= 11 is 0. The van der Waals surface area contributed by atoms with Crippen LogP contribution in [0.15, 0.2) is 121 Å². The van der Waals surface area contributed by atoms with Crippen molar-refractivity contribution in [2.75, 3.05) is 0 Å². The summed E-state index contributed by atoms with van der Waals surface area (Å²) < 4.78 is 8.00. The van der Waals surface area contributed by atoms with Gasteiger partial charge in [0.2, 0.25) is 0 Å². The predicted octanol–water partition coefficient (Wildman–Crippen LogP) is 9.15. The molecule has 0 saturated heterocycles. The van der Waals surface area contributed by atoms with Gasteiger partial charge in [0, 0.05) is 33.2 Å². The minimum Gasteiger partial charge on any atom is -0.308 e. The molecule has 3 aromatic heterocycles. The Hall–Kier alpha value is -5.15. The molecule has 44 heavy (non-hydrogen) atoms. The fourth-order valence-electron chi connectivity index (χ4n) is 10.5. The molecule has 5 heterocycles. The van der Waals surface area contributed by atoms with E-state index < -0.39 is 0 Å². The Morgan fingerprint density at radius 2 is 1.36 bits per heavy atom. The van der Waals surface area contributed by atoms with Gasteiger partial charge in [-0.25, -0.2) is 4.57 Å². The third-order valence-electron chi connectivity index (χ3n) is 11.8. The third kappa shape index (κ3) is 2.20. The Morgan fingerprint density at radius 1 is 0.614 bits per heavy atom. The van der Waals surface area contributed by atoms with Crippen molar-refractivity contribution in [1.29, 1.82) is 0 Å². The van der Waals surface area contributed by atoms with Gasteiger partial charge in [-0.15, -0.1) is 0 Å². The summed E-state index contributed by atoms with van der Waals surface area (Å²) in [5.74, 6) is 1.08. The lowest BCUT2D eigenvalue weighted by Crippen LogP contribution is -2.64. The van der Waals surface area contributed by atoms with Crippen LogP contribution in [0.2, 0.25) is 0 Å². The number of para-hydroxylation sites is 2. The highest BCUT2D eigenvalue weighted by atomic mass is 15.2. The fourth-order valence-corrected chi connectivity index (χ4v) is 10.5. The molecule has 1 spiro atoms. The first-order chi connectivity index (χ1) is 21.9. The second kappa shape index (κ2) is 7.31. The van der Waals surface area contributed by atoms with Gasteiger partial charge in [0.15, 0.2) is 5.54 Å². The van der Waals surface area contributed by atoms with Crippen LogP contribution in [0.3, 0.4) is 0 Å². The highest BCUT2D eigenvalue weighted by Crippen LogP contribution is 2.66. The highest BCUT2D eigenvalue weighted by molar-refractivity contribution is 6.15. The van der Waals surface area contributed by atoms with E-state index in [0.29, 0.717) is 11.8 Å². The van der Waals surface area contributed by atoms with E-state index in [1.165, 1.54) is 91.1 Å². The van der Waals surface area contributed by atoms with E-state index in [1.807, 2.05) is 0 Å². The Labute approximate surface area is 254 Å². The largest absolute Gasteiger partial charge is 0.308 e. The second-order valence-corrected chi connectivity index (χ2v) is 13.4. The molecule has 3 heteroatoms. The Balaban J connectivity index is 1.42. The highest BCUT2D eigenvalue weighted by Gasteiger charge is 2.66. The first-order valence-corrected chi connectivity index (χ1v) is 16.1. The number of aromatic nitrogens is 3. The zero-order chi connectivity index (χ0) is 28.3. The molecule has 0 bridgehead atoms. The Kier molecular flexibility index (Phi) is 3.72. The molecule has 4 aliphatic rings. The summed E-state index contributed by atoms with van der Waals surface area (Å²) in [6.45, 7) is 0. The molecule has 3 atom stereocenters. The number of nitrogens with zero attached hydrogens (tertiary/aromatic N) is 3. The summed E-state index contributed by atoms with van der Waals surface area (Å²) in [5, 5.41) is 5.38. The van der Waals surface area contributed by atoms with Crippen molar-refractivity contribution in [1.82, 2.24) is 9.13 Å². The van der Waals surface area contributed by atoms with Crippen LogP contribution < -0.4 is 4.57 Å². The van der Waals surface area contributed by atoms with E-state index in [4.69, 9.17) is 0 Å². The van der Waals surface area contributed by atoms with E-state index in [1.54, 1.807) is 11.1 Å². The van der Waals surface area contributed by atoms with Crippen LogP contribution in [0, 0.1) is 5.92 Å². The number of rotatable bonds is 1. The number of benzene rings is 5. The third-order valence-corrected chi connectivity index (χ3v) is 11.8. The number of fused-ring (bicyclic) bond motifs is 10. The van der Waals surface area contributed by atoms with E-state index in [9.17, 15) is 0 Å². The molecular formula is C41H28N3+. The topological polar surface area (TPSA) is 13.7 Å². The Morgan fingerprint density at radius 3 is 2.23 bits per heavy atom. The Bertz CT molecular complexity index is 2600. The van der Waals surface area contributed by atoms with Crippen LogP contribution in [-0.4, -0.2) is 9.13 Å². The molecule has 5 aromatic carbocycles. The summed E-state index contributed by atoms with van der Waals surface area (Å²) in [7, 11) is 0. The number of hydrogen-bond acceptors (Lipinski definition) is 0. The van der Waals surface area contributed by atoms with Gasteiger partial charge in [0.25, 0.3) is 5.65 Å². The predicted molar refractivity (Wildman–Crippen MR) is 177 cm³/mol. The summed E-state index contributed by atoms with van der Waals surface area (Å²) in [4.78, 5) is 0. The molecule has 2 aliphatic heterocycles. The van der Waals surface area contributed by atoms with Crippen molar-refractivity contribution in [2.24, 2.45) is 5.92 Å². The lowest BCUT2D eigenvalue weighted by Gasteiger charge is -2.42. The van der Waals surface area contributed by atoms with E-state index in [-0.39, 0.29) is 5.54 Å². The second-order valence-electron chi connectivity index (χ2n) is 13.4. The summed E-state index contributed by atoms with van der Waals surface area (Å²) in [5.41, 5.74) is 15.1. The van der Waals surface area contributed by atoms with Gasteiger partial charge in [0.1, 0.15) is 11.2 Å². The van der Waals surface area contributed by atoms with Crippen LogP contribution >= 0.6 is 0 Å². The minimum absolute atomic E-state index is 0.264.